The summed E-state index contributed by atoms with van der Waals surface area (Å²) in [7, 11) is 0. The van der Waals surface area contributed by atoms with Crippen LogP contribution < -0.4 is 5.32 Å². The lowest BCUT2D eigenvalue weighted by Crippen LogP contribution is -2.32. The standard InChI is InChI=1S/C14H29NO/c1-11(2)8-14(6-7-16)10-15-12(3)9-13-4-5-13/h11-16H,4-10H2,1-3H3. The highest BCUT2D eigenvalue weighted by Gasteiger charge is 2.23. The van der Waals surface area contributed by atoms with Crippen LogP contribution >= 0.6 is 0 Å². The van der Waals surface area contributed by atoms with E-state index < -0.39 is 0 Å². The fourth-order valence-electron chi connectivity index (χ4n) is 2.46. The Morgan fingerprint density at radius 1 is 1.25 bits per heavy atom. The van der Waals surface area contributed by atoms with Crippen LogP contribution in [0.4, 0.5) is 0 Å². The van der Waals surface area contributed by atoms with E-state index in [2.05, 4.69) is 26.1 Å². The van der Waals surface area contributed by atoms with Gasteiger partial charge in [0, 0.05) is 12.6 Å². The molecule has 0 amide bonds. The highest BCUT2D eigenvalue weighted by molar-refractivity contribution is 4.78. The molecule has 0 aromatic rings. The maximum absolute atomic E-state index is 9.04. The molecule has 16 heavy (non-hydrogen) atoms. The predicted molar refractivity (Wildman–Crippen MR) is 69.5 cm³/mol. The van der Waals surface area contributed by atoms with Gasteiger partial charge in [-0.2, -0.15) is 0 Å². The summed E-state index contributed by atoms with van der Waals surface area (Å²) in [6.07, 6.45) is 6.40. The molecule has 0 aromatic heterocycles. The summed E-state index contributed by atoms with van der Waals surface area (Å²) in [6, 6.07) is 0.654. The lowest BCUT2D eigenvalue weighted by molar-refractivity contribution is 0.236. The Balaban J connectivity index is 2.13. The maximum atomic E-state index is 9.04. The fraction of sp³-hybridized carbons (Fsp3) is 1.00. The summed E-state index contributed by atoms with van der Waals surface area (Å²) in [5.41, 5.74) is 0. The van der Waals surface area contributed by atoms with Crippen LogP contribution in [0.3, 0.4) is 0 Å². The van der Waals surface area contributed by atoms with E-state index in [1.807, 2.05) is 0 Å². The van der Waals surface area contributed by atoms with Crippen molar-refractivity contribution in [1.29, 1.82) is 0 Å². The molecule has 2 atom stereocenters. The molecule has 2 unspecified atom stereocenters. The van der Waals surface area contributed by atoms with Crippen molar-refractivity contribution < 1.29 is 5.11 Å². The first-order valence-corrected chi connectivity index (χ1v) is 6.96. The van der Waals surface area contributed by atoms with Gasteiger partial charge in [0.25, 0.3) is 0 Å². The first-order valence-electron chi connectivity index (χ1n) is 6.96. The summed E-state index contributed by atoms with van der Waals surface area (Å²) in [5, 5.41) is 12.7. The molecule has 1 aliphatic carbocycles. The van der Waals surface area contributed by atoms with Gasteiger partial charge in [-0.05, 0) is 50.5 Å². The fourth-order valence-corrected chi connectivity index (χ4v) is 2.46. The van der Waals surface area contributed by atoms with Crippen molar-refractivity contribution in [2.24, 2.45) is 17.8 Å². The van der Waals surface area contributed by atoms with Crippen LogP contribution in [-0.2, 0) is 0 Å². The van der Waals surface area contributed by atoms with Crippen LogP contribution in [0.15, 0.2) is 0 Å². The summed E-state index contributed by atoms with van der Waals surface area (Å²) >= 11 is 0. The summed E-state index contributed by atoms with van der Waals surface area (Å²) in [6.45, 7) is 8.22. The lowest BCUT2D eigenvalue weighted by atomic mass is 9.94. The molecular formula is C14H29NO. The van der Waals surface area contributed by atoms with E-state index in [9.17, 15) is 0 Å². The van der Waals surface area contributed by atoms with Gasteiger partial charge in [0.1, 0.15) is 0 Å². The van der Waals surface area contributed by atoms with Crippen LogP contribution in [-0.4, -0.2) is 24.3 Å². The number of aliphatic hydroxyl groups excluding tert-OH is 1. The molecule has 1 fully saturated rings. The highest BCUT2D eigenvalue weighted by Crippen LogP contribution is 2.33. The molecule has 0 spiro atoms. The van der Waals surface area contributed by atoms with Crippen molar-refractivity contribution >= 4 is 0 Å². The SMILES string of the molecule is CC(C)CC(CCO)CNC(C)CC1CC1. The second-order valence-electron chi connectivity index (χ2n) is 6.00. The lowest BCUT2D eigenvalue weighted by Gasteiger charge is -2.21. The zero-order valence-corrected chi connectivity index (χ0v) is 11.2. The van der Waals surface area contributed by atoms with Gasteiger partial charge in [0.05, 0.1) is 0 Å². The minimum Gasteiger partial charge on any atom is -0.396 e. The quantitative estimate of drug-likeness (QED) is 0.635. The molecule has 0 saturated heterocycles. The number of rotatable bonds is 9. The molecule has 0 radical (unpaired) electrons. The monoisotopic (exact) mass is 227 g/mol. The molecule has 2 heteroatoms. The molecule has 1 rings (SSSR count). The molecule has 2 nitrogen and oxygen atoms in total. The third-order valence-corrected chi connectivity index (χ3v) is 3.48. The third kappa shape index (κ3) is 6.49. The summed E-state index contributed by atoms with van der Waals surface area (Å²) in [5.74, 6) is 2.38. The average molecular weight is 227 g/mol. The van der Waals surface area contributed by atoms with E-state index in [4.69, 9.17) is 5.11 Å². The van der Waals surface area contributed by atoms with Crippen molar-refractivity contribution in [1.82, 2.24) is 5.32 Å². The van der Waals surface area contributed by atoms with Crippen LogP contribution in [0, 0.1) is 17.8 Å². The molecule has 96 valence electrons. The van der Waals surface area contributed by atoms with Crippen molar-refractivity contribution in [2.45, 2.75) is 58.9 Å². The van der Waals surface area contributed by atoms with Crippen LogP contribution in [0.25, 0.3) is 0 Å². The van der Waals surface area contributed by atoms with Gasteiger partial charge in [-0.1, -0.05) is 26.7 Å². The second kappa shape index (κ2) is 7.29. The van der Waals surface area contributed by atoms with Gasteiger partial charge < -0.3 is 10.4 Å². The largest absolute Gasteiger partial charge is 0.396 e. The van der Waals surface area contributed by atoms with E-state index in [1.54, 1.807) is 0 Å². The first-order chi connectivity index (χ1) is 7.61. The van der Waals surface area contributed by atoms with Crippen molar-refractivity contribution in [2.75, 3.05) is 13.2 Å². The molecule has 1 aliphatic rings. The summed E-state index contributed by atoms with van der Waals surface area (Å²) in [4.78, 5) is 0. The van der Waals surface area contributed by atoms with E-state index in [1.165, 1.54) is 25.7 Å². The van der Waals surface area contributed by atoms with Gasteiger partial charge >= 0.3 is 0 Å². The van der Waals surface area contributed by atoms with Gasteiger partial charge in [-0.15, -0.1) is 0 Å². The smallest absolute Gasteiger partial charge is 0.0434 e. The number of hydrogen-bond donors (Lipinski definition) is 2. The van der Waals surface area contributed by atoms with Crippen molar-refractivity contribution in [3.8, 4) is 0 Å². The van der Waals surface area contributed by atoms with E-state index in [0.717, 1.165) is 24.8 Å². The van der Waals surface area contributed by atoms with Crippen molar-refractivity contribution in [3.05, 3.63) is 0 Å². The molecule has 2 N–H and O–H groups in total. The van der Waals surface area contributed by atoms with Crippen LogP contribution in [0.5, 0.6) is 0 Å². The Kier molecular flexibility index (Phi) is 6.37. The number of nitrogens with one attached hydrogen (secondary N) is 1. The van der Waals surface area contributed by atoms with E-state index in [-0.39, 0.29) is 0 Å². The maximum Gasteiger partial charge on any atom is 0.0434 e. The number of aliphatic hydroxyl groups is 1. The molecule has 1 saturated carbocycles. The number of hydrogen-bond acceptors (Lipinski definition) is 2. The Labute approximate surface area is 101 Å². The van der Waals surface area contributed by atoms with Crippen molar-refractivity contribution in [3.63, 3.8) is 0 Å². The zero-order chi connectivity index (χ0) is 12.0. The Morgan fingerprint density at radius 3 is 2.44 bits per heavy atom. The Hall–Kier alpha value is -0.0800. The van der Waals surface area contributed by atoms with Gasteiger partial charge in [0.15, 0.2) is 0 Å². The van der Waals surface area contributed by atoms with Crippen LogP contribution in [0.1, 0.15) is 52.9 Å². The highest BCUT2D eigenvalue weighted by atomic mass is 16.3. The minimum absolute atomic E-state index is 0.329. The minimum atomic E-state index is 0.329. The molecular weight excluding hydrogens is 198 g/mol. The third-order valence-electron chi connectivity index (χ3n) is 3.48. The second-order valence-corrected chi connectivity index (χ2v) is 6.00. The molecule has 0 aliphatic heterocycles. The van der Waals surface area contributed by atoms with E-state index in [0.29, 0.717) is 18.6 Å². The van der Waals surface area contributed by atoms with Gasteiger partial charge in [-0.25, -0.2) is 0 Å². The average Bonchev–Trinajstić information content (AvgIpc) is 2.97. The topological polar surface area (TPSA) is 32.3 Å². The van der Waals surface area contributed by atoms with E-state index >= 15 is 0 Å². The molecule has 0 bridgehead atoms. The van der Waals surface area contributed by atoms with Gasteiger partial charge in [0.2, 0.25) is 0 Å². The Bertz CT molecular complexity index is 178. The first kappa shape index (κ1) is 14.0. The van der Waals surface area contributed by atoms with Crippen LogP contribution in [0.2, 0.25) is 0 Å². The Morgan fingerprint density at radius 2 is 1.94 bits per heavy atom. The normalized spacial score (nSPS) is 20.1. The zero-order valence-electron chi connectivity index (χ0n) is 11.2. The molecule has 0 aromatic carbocycles. The molecule has 0 heterocycles. The van der Waals surface area contributed by atoms with Gasteiger partial charge in [-0.3, -0.25) is 0 Å². The summed E-state index contributed by atoms with van der Waals surface area (Å²) < 4.78 is 0. The predicted octanol–water partition coefficient (Wildman–Crippen LogP) is 2.81.